The first-order chi connectivity index (χ1) is 28.7. The van der Waals surface area contributed by atoms with Gasteiger partial charge in [-0.2, -0.15) is 9.97 Å². The summed E-state index contributed by atoms with van der Waals surface area (Å²) in [7, 11) is 0. The molecule has 0 unspecified atom stereocenters. The van der Waals surface area contributed by atoms with Crippen molar-refractivity contribution in [2.24, 2.45) is 0 Å². The van der Waals surface area contributed by atoms with Gasteiger partial charge in [0.2, 0.25) is 5.95 Å². The van der Waals surface area contributed by atoms with Gasteiger partial charge in [-0.15, -0.1) is 11.3 Å². The van der Waals surface area contributed by atoms with E-state index in [9.17, 15) is 0 Å². The second-order valence-corrected chi connectivity index (χ2v) is 15.5. The maximum Gasteiger partial charge on any atom is 0.238 e. The average molecular weight is 761 g/mol. The summed E-state index contributed by atoms with van der Waals surface area (Å²) in [5.41, 5.74) is 6.30. The Morgan fingerprint density at radius 1 is 0.362 bits per heavy atom. The molecule has 0 amide bonds. The van der Waals surface area contributed by atoms with Gasteiger partial charge >= 0.3 is 0 Å². The van der Waals surface area contributed by atoms with Crippen molar-refractivity contribution in [1.82, 2.24) is 19.5 Å². The minimum Gasteiger partial charge on any atom is -0.277 e. The predicted octanol–water partition coefficient (Wildman–Crippen LogP) is 14.8. The third-order valence-electron chi connectivity index (χ3n) is 11.2. The van der Waals surface area contributed by atoms with Crippen LogP contribution in [0.4, 0.5) is 0 Å². The Labute approximate surface area is 339 Å². The lowest BCUT2D eigenvalue weighted by molar-refractivity contribution is 0.956. The van der Waals surface area contributed by atoms with Gasteiger partial charge in [-0.1, -0.05) is 166 Å². The van der Waals surface area contributed by atoms with Gasteiger partial charge in [0.25, 0.3) is 0 Å². The summed E-state index contributed by atoms with van der Waals surface area (Å²) in [6.07, 6.45) is 0. The van der Waals surface area contributed by atoms with E-state index in [1.807, 2.05) is 25.2 Å². The number of hydrogen-bond donors (Lipinski definition) is 0. The van der Waals surface area contributed by atoms with Crippen LogP contribution in [-0.4, -0.2) is 19.5 Å². The van der Waals surface area contributed by atoms with E-state index in [2.05, 4.69) is 187 Å². The fourth-order valence-corrected chi connectivity index (χ4v) is 9.62. The summed E-state index contributed by atoms with van der Waals surface area (Å²) < 4.78 is 4.88. The fourth-order valence-electron chi connectivity index (χ4n) is 8.53. The van der Waals surface area contributed by atoms with Gasteiger partial charge in [0, 0.05) is 53.0 Å². The molecule has 9 aromatic carbocycles. The number of hydrogen-bond acceptors (Lipinski definition) is 4. The molecule has 0 N–H and O–H groups in total. The van der Waals surface area contributed by atoms with Crippen LogP contribution in [0.2, 0.25) is 0 Å². The van der Waals surface area contributed by atoms with Crippen molar-refractivity contribution >= 4 is 85.6 Å². The number of para-hydroxylation sites is 1. The van der Waals surface area contributed by atoms with Crippen LogP contribution in [0.15, 0.2) is 182 Å². The summed E-state index contributed by atoms with van der Waals surface area (Å²) in [6.45, 7) is 4.00. The van der Waals surface area contributed by atoms with E-state index in [1.54, 1.807) is 0 Å². The molecule has 12 rings (SSSR count). The van der Waals surface area contributed by atoms with Crippen molar-refractivity contribution in [3.63, 3.8) is 0 Å². The molecule has 4 nitrogen and oxygen atoms in total. The molecule has 0 radical (unpaired) electrons. The van der Waals surface area contributed by atoms with Crippen molar-refractivity contribution in [3.8, 4) is 39.9 Å². The van der Waals surface area contributed by atoms with E-state index in [1.165, 1.54) is 30.9 Å². The van der Waals surface area contributed by atoms with E-state index < -0.39 is 0 Å². The number of aromatic nitrogens is 4. The van der Waals surface area contributed by atoms with Crippen LogP contribution in [0.3, 0.4) is 0 Å². The van der Waals surface area contributed by atoms with E-state index in [0.717, 1.165) is 65.6 Å². The largest absolute Gasteiger partial charge is 0.277 e. The second kappa shape index (κ2) is 13.8. The number of fused-ring (bicyclic) bond motifs is 10. The summed E-state index contributed by atoms with van der Waals surface area (Å²) >= 11 is 1.84. The van der Waals surface area contributed by atoms with Gasteiger partial charge in [0.05, 0.1) is 11.0 Å². The van der Waals surface area contributed by atoms with Crippen molar-refractivity contribution in [3.05, 3.63) is 182 Å². The van der Waals surface area contributed by atoms with Gasteiger partial charge in [0.15, 0.2) is 11.6 Å². The molecular formula is C53H36N4S. The molecule has 0 fully saturated rings. The molecule has 0 atom stereocenters. The van der Waals surface area contributed by atoms with Gasteiger partial charge < -0.3 is 0 Å². The zero-order valence-corrected chi connectivity index (χ0v) is 32.8. The Kier molecular flexibility index (Phi) is 8.09. The van der Waals surface area contributed by atoms with Crippen LogP contribution in [0.25, 0.3) is 114 Å². The molecule has 3 aromatic heterocycles. The molecule has 0 spiro atoms. The lowest BCUT2D eigenvalue weighted by Crippen LogP contribution is -2.07. The van der Waals surface area contributed by atoms with Crippen molar-refractivity contribution < 1.29 is 0 Å². The minimum absolute atomic E-state index is 0.581. The zero-order chi connectivity index (χ0) is 38.7. The molecule has 12 aromatic rings. The lowest BCUT2D eigenvalue weighted by atomic mass is 9.99. The highest BCUT2D eigenvalue weighted by Crippen LogP contribution is 2.43. The molecule has 0 aliphatic rings. The molecule has 274 valence electrons. The highest BCUT2D eigenvalue weighted by atomic mass is 32.1. The molecule has 0 aliphatic carbocycles. The minimum atomic E-state index is 0.581. The fraction of sp³-hybridized carbons (Fsp3) is 0.0377. The van der Waals surface area contributed by atoms with Gasteiger partial charge in [-0.25, -0.2) is 4.98 Å². The Morgan fingerprint density at radius 2 is 0.897 bits per heavy atom. The number of thiophene rings is 1. The Morgan fingerprint density at radius 3 is 1.60 bits per heavy atom. The molecule has 0 saturated carbocycles. The van der Waals surface area contributed by atoms with Crippen molar-refractivity contribution in [2.75, 3.05) is 0 Å². The average Bonchev–Trinajstić information content (AvgIpc) is 3.85. The Bertz CT molecular complexity index is 3460. The third-order valence-corrected chi connectivity index (χ3v) is 12.4. The number of rotatable bonds is 4. The molecule has 0 aliphatic heterocycles. The Balaban J connectivity index is 0.00000190. The molecule has 0 bridgehead atoms. The van der Waals surface area contributed by atoms with E-state index in [4.69, 9.17) is 15.0 Å². The van der Waals surface area contributed by atoms with Crippen molar-refractivity contribution in [1.29, 1.82) is 0 Å². The van der Waals surface area contributed by atoms with Gasteiger partial charge in [-0.05, 0) is 62.8 Å². The number of nitrogens with zero attached hydrogens (tertiary/aromatic N) is 4. The molecular weight excluding hydrogens is 725 g/mol. The maximum atomic E-state index is 5.41. The normalized spacial score (nSPS) is 11.6. The quantitative estimate of drug-likeness (QED) is 0.179. The monoisotopic (exact) mass is 760 g/mol. The predicted molar refractivity (Wildman–Crippen MR) is 247 cm³/mol. The second-order valence-electron chi connectivity index (χ2n) is 14.4. The van der Waals surface area contributed by atoms with Gasteiger partial charge in [-0.3, -0.25) is 4.57 Å². The lowest BCUT2D eigenvalue weighted by Gasteiger charge is -2.14. The van der Waals surface area contributed by atoms with Crippen LogP contribution in [0.1, 0.15) is 13.8 Å². The van der Waals surface area contributed by atoms with E-state index in [-0.39, 0.29) is 0 Å². The first kappa shape index (κ1) is 34.1. The van der Waals surface area contributed by atoms with E-state index >= 15 is 0 Å². The number of benzene rings is 9. The third kappa shape index (κ3) is 5.47. The van der Waals surface area contributed by atoms with E-state index in [0.29, 0.717) is 17.6 Å². The SMILES string of the molecule is CC.c1ccc2cc(-c3nc(-c4ccc5ccccc5c4)nc(-n4c5c(-c6ccc7sc8ccccc8c7c6)cccc5c5ccc6ccccc6c54)n3)ccc2c1. The van der Waals surface area contributed by atoms with Crippen LogP contribution in [0.5, 0.6) is 0 Å². The maximum absolute atomic E-state index is 5.41. The molecule has 58 heavy (non-hydrogen) atoms. The highest BCUT2D eigenvalue weighted by Gasteiger charge is 2.22. The molecule has 3 heterocycles. The molecule has 0 saturated heterocycles. The van der Waals surface area contributed by atoms with Gasteiger partial charge in [0.1, 0.15) is 0 Å². The topological polar surface area (TPSA) is 43.6 Å². The van der Waals surface area contributed by atoms with Crippen molar-refractivity contribution in [2.45, 2.75) is 13.8 Å². The first-order valence-corrected chi connectivity index (χ1v) is 20.7. The smallest absolute Gasteiger partial charge is 0.238 e. The van der Waals surface area contributed by atoms with Crippen LogP contribution >= 0.6 is 11.3 Å². The van der Waals surface area contributed by atoms with Crippen LogP contribution in [-0.2, 0) is 0 Å². The first-order valence-electron chi connectivity index (χ1n) is 19.8. The molecule has 5 heteroatoms. The zero-order valence-electron chi connectivity index (χ0n) is 32.0. The standard InChI is InChI=1S/C51H30N4S.C2H6/c1-3-13-34-28-37(22-20-31(34)10-1)49-52-50(38-23-21-32-11-2-4-14-35(32)29-38)54-51(53-49)55-47-39-15-6-5-12-33(39)24-26-43(47)42-18-9-17-40(48(42)55)36-25-27-46-44(30-36)41-16-7-8-19-45(41)56-46;1-2/h1-30H;1-2H3. The Hall–Kier alpha value is -7.21. The summed E-state index contributed by atoms with van der Waals surface area (Å²) in [5.74, 6) is 1.84. The highest BCUT2D eigenvalue weighted by molar-refractivity contribution is 7.25. The van der Waals surface area contributed by atoms with Crippen LogP contribution < -0.4 is 0 Å². The summed E-state index contributed by atoms with van der Waals surface area (Å²) in [5, 5.41) is 11.8. The summed E-state index contributed by atoms with van der Waals surface area (Å²) in [4.78, 5) is 16.0. The van der Waals surface area contributed by atoms with Crippen LogP contribution in [0, 0.1) is 0 Å². The summed E-state index contributed by atoms with van der Waals surface area (Å²) in [6, 6.07) is 65.1.